The van der Waals surface area contributed by atoms with E-state index in [4.69, 9.17) is 4.74 Å². The van der Waals surface area contributed by atoms with E-state index >= 15 is 0 Å². The highest BCUT2D eigenvalue weighted by Gasteiger charge is 2.07. The number of rotatable bonds is 7. The van der Waals surface area contributed by atoms with Crippen molar-refractivity contribution in [2.45, 2.75) is 26.4 Å². The van der Waals surface area contributed by atoms with Gasteiger partial charge in [0, 0.05) is 30.5 Å². The Morgan fingerprint density at radius 2 is 1.67 bits per heavy atom. The lowest BCUT2D eigenvalue weighted by Gasteiger charge is -2.09. The van der Waals surface area contributed by atoms with E-state index in [1.807, 2.05) is 19.1 Å². The molecule has 0 atom stereocenters. The molecular weight excluding hydrogens is 304 g/mol. The molecule has 2 amide bonds. The maximum Gasteiger partial charge on any atom is 0.255 e. The van der Waals surface area contributed by atoms with Crippen molar-refractivity contribution in [2.75, 3.05) is 17.7 Å². The fourth-order valence-corrected chi connectivity index (χ4v) is 2.25. The van der Waals surface area contributed by atoms with Crippen molar-refractivity contribution < 1.29 is 14.3 Å². The van der Waals surface area contributed by atoms with Crippen molar-refractivity contribution in [3.63, 3.8) is 0 Å². The molecule has 0 saturated carbocycles. The topological polar surface area (TPSA) is 67.4 Å². The minimum Gasteiger partial charge on any atom is -0.380 e. The van der Waals surface area contributed by atoms with Crippen molar-refractivity contribution in [1.82, 2.24) is 0 Å². The second-order valence-electron chi connectivity index (χ2n) is 5.46. The maximum atomic E-state index is 12.3. The van der Waals surface area contributed by atoms with Crippen molar-refractivity contribution >= 4 is 23.2 Å². The molecule has 5 heteroatoms. The third kappa shape index (κ3) is 5.21. The van der Waals surface area contributed by atoms with Crippen molar-refractivity contribution in [3.8, 4) is 0 Å². The standard InChI is InChI=1S/C19H22N2O3/c1-3-5-18(22)20-16-6-4-7-17(12-16)21-19(23)15-10-8-14(9-11-15)13-24-2/h4,6-12H,3,5,13H2,1-2H3,(H,20,22)(H,21,23). The van der Waals surface area contributed by atoms with Gasteiger partial charge in [0.25, 0.3) is 5.91 Å². The van der Waals surface area contributed by atoms with E-state index < -0.39 is 0 Å². The number of anilines is 2. The smallest absolute Gasteiger partial charge is 0.255 e. The van der Waals surface area contributed by atoms with Crippen LogP contribution in [0.5, 0.6) is 0 Å². The Hall–Kier alpha value is -2.66. The summed E-state index contributed by atoms with van der Waals surface area (Å²) in [5.41, 5.74) is 2.88. The van der Waals surface area contributed by atoms with Crippen LogP contribution in [0.1, 0.15) is 35.7 Å². The van der Waals surface area contributed by atoms with Gasteiger partial charge in [0.2, 0.25) is 5.91 Å². The first kappa shape index (κ1) is 17.7. The average Bonchev–Trinajstić information content (AvgIpc) is 2.56. The number of carbonyl (C=O) groups is 2. The van der Waals surface area contributed by atoms with E-state index in [0.717, 1.165) is 12.0 Å². The lowest BCUT2D eigenvalue weighted by atomic mass is 10.1. The van der Waals surface area contributed by atoms with Gasteiger partial charge < -0.3 is 15.4 Å². The van der Waals surface area contributed by atoms with Gasteiger partial charge in [-0.05, 0) is 42.3 Å². The van der Waals surface area contributed by atoms with Gasteiger partial charge in [-0.15, -0.1) is 0 Å². The Balaban J connectivity index is 2.02. The second kappa shape index (κ2) is 8.84. The van der Waals surface area contributed by atoms with Crippen LogP contribution in [0.25, 0.3) is 0 Å². The molecule has 0 aliphatic carbocycles. The summed E-state index contributed by atoms with van der Waals surface area (Å²) in [5, 5.41) is 5.65. The highest BCUT2D eigenvalue weighted by molar-refractivity contribution is 6.04. The first-order valence-electron chi connectivity index (χ1n) is 7.91. The number of methoxy groups -OCH3 is 1. The molecule has 0 aliphatic heterocycles. The molecule has 0 radical (unpaired) electrons. The van der Waals surface area contributed by atoms with E-state index in [-0.39, 0.29) is 11.8 Å². The molecule has 0 fully saturated rings. The molecule has 0 saturated heterocycles. The summed E-state index contributed by atoms with van der Waals surface area (Å²) in [5.74, 6) is -0.231. The molecule has 24 heavy (non-hydrogen) atoms. The molecule has 0 spiro atoms. The van der Waals surface area contributed by atoms with Gasteiger partial charge in [-0.3, -0.25) is 9.59 Å². The summed E-state index contributed by atoms with van der Waals surface area (Å²) >= 11 is 0. The van der Waals surface area contributed by atoms with Crippen LogP contribution in [0.2, 0.25) is 0 Å². The number of hydrogen-bond donors (Lipinski definition) is 2. The number of hydrogen-bond acceptors (Lipinski definition) is 3. The second-order valence-corrected chi connectivity index (χ2v) is 5.46. The van der Waals surface area contributed by atoms with Gasteiger partial charge in [0.15, 0.2) is 0 Å². The Bertz CT molecular complexity index is 696. The minimum absolute atomic E-state index is 0.0327. The highest BCUT2D eigenvalue weighted by atomic mass is 16.5. The first-order chi connectivity index (χ1) is 11.6. The predicted octanol–water partition coefficient (Wildman–Crippen LogP) is 3.82. The van der Waals surface area contributed by atoms with Crippen molar-refractivity contribution in [3.05, 3.63) is 59.7 Å². The maximum absolute atomic E-state index is 12.3. The van der Waals surface area contributed by atoms with Crippen molar-refractivity contribution in [1.29, 1.82) is 0 Å². The highest BCUT2D eigenvalue weighted by Crippen LogP contribution is 2.17. The Morgan fingerprint density at radius 3 is 2.29 bits per heavy atom. The monoisotopic (exact) mass is 326 g/mol. The molecule has 0 aromatic heterocycles. The average molecular weight is 326 g/mol. The number of carbonyl (C=O) groups excluding carboxylic acids is 2. The van der Waals surface area contributed by atoms with Crippen LogP contribution in [0.15, 0.2) is 48.5 Å². The van der Waals surface area contributed by atoms with E-state index in [2.05, 4.69) is 10.6 Å². The Kier molecular flexibility index (Phi) is 6.51. The van der Waals surface area contributed by atoms with Gasteiger partial charge in [0.1, 0.15) is 0 Å². The SMILES string of the molecule is CCCC(=O)Nc1cccc(NC(=O)c2ccc(COC)cc2)c1. The molecule has 2 aromatic carbocycles. The lowest BCUT2D eigenvalue weighted by molar-refractivity contribution is -0.116. The van der Waals surface area contributed by atoms with Gasteiger partial charge in [0.05, 0.1) is 6.61 Å². The van der Waals surface area contributed by atoms with Gasteiger partial charge in [-0.2, -0.15) is 0 Å². The quantitative estimate of drug-likeness (QED) is 0.812. The largest absolute Gasteiger partial charge is 0.380 e. The van der Waals surface area contributed by atoms with Gasteiger partial charge in [-0.1, -0.05) is 25.1 Å². The zero-order valence-electron chi connectivity index (χ0n) is 14.0. The molecular formula is C19H22N2O3. The number of ether oxygens (including phenoxy) is 1. The fraction of sp³-hybridized carbons (Fsp3) is 0.263. The normalized spacial score (nSPS) is 10.2. The summed E-state index contributed by atoms with van der Waals surface area (Å²) in [7, 11) is 1.63. The molecule has 2 aromatic rings. The summed E-state index contributed by atoms with van der Waals surface area (Å²) < 4.78 is 5.05. The van der Waals surface area contributed by atoms with Crippen LogP contribution >= 0.6 is 0 Å². The predicted molar refractivity (Wildman–Crippen MR) is 95.1 cm³/mol. The summed E-state index contributed by atoms with van der Waals surface area (Å²) in [6.07, 6.45) is 1.27. The van der Waals surface area contributed by atoms with Crippen LogP contribution in [-0.2, 0) is 16.1 Å². The van der Waals surface area contributed by atoms with E-state index in [1.54, 1.807) is 43.5 Å². The van der Waals surface area contributed by atoms with E-state index in [1.165, 1.54) is 0 Å². The number of amides is 2. The van der Waals surface area contributed by atoms with Gasteiger partial charge >= 0.3 is 0 Å². The van der Waals surface area contributed by atoms with Gasteiger partial charge in [-0.25, -0.2) is 0 Å². The summed E-state index contributed by atoms with van der Waals surface area (Å²) in [6, 6.07) is 14.4. The molecule has 0 unspecified atom stereocenters. The number of nitrogens with one attached hydrogen (secondary N) is 2. The van der Waals surface area contributed by atoms with Crippen LogP contribution < -0.4 is 10.6 Å². The summed E-state index contributed by atoms with van der Waals surface area (Å²) in [6.45, 7) is 2.47. The molecule has 5 nitrogen and oxygen atoms in total. The molecule has 0 heterocycles. The van der Waals surface area contributed by atoms with Crippen LogP contribution in [-0.4, -0.2) is 18.9 Å². The molecule has 2 N–H and O–H groups in total. The third-order valence-corrected chi connectivity index (χ3v) is 3.41. The summed E-state index contributed by atoms with van der Waals surface area (Å²) in [4.78, 5) is 23.9. The Morgan fingerprint density at radius 1 is 1.00 bits per heavy atom. The van der Waals surface area contributed by atoms with Crippen LogP contribution in [0.4, 0.5) is 11.4 Å². The zero-order valence-corrected chi connectivity index (χ0v) is 14.0. The van der Waals surface area contributed by atoms with Crippen LogP contribution in [0, 0.1) is 0 Å². The third-order valence-electron chi connectivity index (χ3n) is 3.41. The Labute approximate surface area is 142 Å². The molecule has 2 rings (SSSR count). The fourth-order valence-electron chi connectivity index (χ4n) is 2.25. The molecule has 0 aliphatic rings. The number of benzene rings is 2. The van der Waals surface area contributed by atoms with E-state index in [0.29, 0.717) is 30.0 Å². The first-order valence-corrected chi connectivity index (χ1v) is 7.91. The zero-order chi connectivity index (χ0) is 17.4. The lowest BCUT2D eigenvalue weighted by Crippen LogP contribution is -2.13. The molecule has 0 bridgehead atoms. The van der Waals surface area contributed by atoms with Crippen LogP contribution in [0.3, 0.4) is 0 Å². The minimum atomic E-state index is -0.198. The molecule has 126 valence electrons. The van der Waals surface area contributed by atoms with Crippen molar-refractivity contribution in [2.24, 2.45) is 0 Å². The van der Waals surface area contributed by atoms with E-state index in [9.17, 15) is 9.59 Å².